The number of hydrogen-bond acceptors (Lipinski definition) is 4. The van der Waals surface area contributed by atoms with Gasteiger partial charge in [0.2, 0.25) is 5.91 Å². The molecule has 0 aliphatic heterocycles. The van der Waals surface area contributed by atoms with Crippen molar-refractivity contribution in [2.45, 2.75) is 20.3 Å². The molecule has 1 N–H and O–H groups in total. The molecule has 1 rings (SSSR count). The van der Waals surface area contributed by atoms with Crippen LogP contribution in [0.1, 0.15) is 19.4 Å². The van der Waals surface area contributed by atoms with Crippen molar-refractivity contribution in [3.8, 4) is 5.75 Å². The van der Waals surface area contributed by atoms with Crippen LogP contribution in [0.5, 0.6) is 5.75 Å². The molecule has 0 aliphatic rings. The molecule has 1 amide bonds. The summed E-state index contributed by atoms with van der Waals surface area (Å²) in [5, 5.41) is 9.34. The lowest BCUT2D eigenvalue weighted by Gasteiger charge is -2.19. The fourth-order valence-corrected chi connectivity index (χ4v) is 1.69. The van der Waals surface area contributed by atoms with Crippen molar-refractivity contribution >= 4 is 11.9 Å². The van der Waals surface area contributed by atoms with E-state index in [1.165, 1.54) is 11.0 Å². The molecular formula is C14H19NO4. The Kier molecular flexibility index (Phi) is 5.85. The van der Waals surface area contributed by atoms with Crippen molar-refractivity contribution in [2.75, 3.05) is 19.7 Å². The van der Waals surface area contributed by atoms with E-state index in [1.54, 1.807) is 32.0 Å². The normalized spacial score (nSPS) is 10.0. The Balaban J connectivity index is 2.61. The fourth-order valence-electron chi connectivity index (χ4n) is 1.69. The van der Waals surface area contributed by atoms with Gasteiger partial charge in [-0.1, -0.05) is 12.1 Å². The van der Waals surface area contributed by atoms with Crippen LogP contribution in [0, 0.1) is 0 Å². The largest absolute Gasteiger partial charge is 0.508 e. The molecule has 0 spiro atoms. The van der Waals surface area contributed by atoms with Crippen molar-refractivity contribution in [1.82, 2.24) is 4.90 Å². The number of aromatic hydroxyl groups is 1. The number of likely N-dealkylation sites (N-methyl/N-ethyl adjacent to an activating group) is 1. The topological polar surface area (TPSA) is 66.8 Å². The highest BCUT2D eigenvalue weighted by molar-refractivity contribution is 5.83. The Morgan fingerprint density at radius 2 is 2.05 bits per heavy atom. The summed E-state index contributed by atoms with van der Waals surface area (Å²) in [6, 6.07) is 6.52. The van der Waals surface area contributed by atoms with E-state index >= 15 is 0 Å². The van der Waals surface area contributed by atoms with Crippen LogP contribution in [-0.4, -0.2) is 41.6 Å². The van der Waals surface area contributed by atoms with Gasteiger partial charge in [0.25, 0.3) is 0 Å². The fraction of sp³-hybridized carbons (Fsp3) is 0.429. The molecule has 0 fully saturated rings. The van der Waals surface area contributed by atoms with Crippen molar-refractivity contribution in [3.05, 3.63) is 29.8 Å². The second-order valence-electron chi connectivity index (χ2n) is 4.06. The first-order valence-corrected chi connectivity index (χ1v) is 6.28. The van der Waals surface area contributed by atoms with Gasteiger partial charge in [-0.25, -0.2) is 0 Å². The summed E-state index contributed by atoms with van der Waals surface area (Å²) < 4.78 is 4.82. The Morgan fingerprint density at radius 1 is 1.32 bits per heavy atom. The van der Waals surface area contributed by atoms with Crippen LogP contribution in [0.2, 0.25) is 0 Å². The molecule has 1 aromatic carbocycles. The number of nitrogens with zero attached hydrogens (tertiary/aromatic N) is 1. The molecule has 0 aromatic heterocycles. The van der Waals surface area contributed by atoms with Gasteiger partial charge in [0, 0.05) is 6.54 Å². The molecule has 0 saturated carbocycles. The summed E-state index contributed by atoms with van der Waals surface area (Å²) in [5.41, 5.74) is 0.715. The molecule has 0 aliphatic carbocycles. The molecule has 0 radical (unpaired) electrons. The number of rotatable bonds is 6. The van der Waals surface area contributed by atoms with E-state index in [9.17, 15) is 14.7 Å². The Hall–Kier alpha value is -2.04. The van der Waals surface area contributed by atoms with Crippen LogP contribution in [0.4, 0.5) is 0 Å². The highest BCUT2D eigenvalue weighted by Crippen LogP contribution is 2.12. The molecule has 5 heteroatoms. The van der Waals surface area contributed by atoms with E-state index in [4.69, 9.17) is 4.74 Å². The minimum absolute atomic E-state index is 0.0397. The average molecular weight is 265 g/mol. The van der Waals surface area contributed by atoms with Gasteiger partial charge in [-0.05, 0) is 31.5 Å². The van der Waals surface area contributed by atoms with Gasteiger partial charge in [0.15, 0.2) is 0 Å². The molecular weight excluding hydrogens is 246 g/mol. The minimum atomic E-state index is -0.409. The van der Waals surface area contributed by atoms with Crippen molar-refractivity contribution in [3.63, 3.8) is 0 Å². The zero-order valence-corrected chi connectivity index (χ0v) is 11.3. The van der Waals surface area contributed by atoms with E-state index < -0.39 is 5.97 Å². The van der Waals surface area contributed by atoms with E-state index in [0.717, 1.165) is 0 Å². The predicted octanol–water partition coefficient (Wildman–Crippen LogP) is 1.35. The lowest BCUT2D eigenvalue weighted by Crippen LogP contribution is -2.37. The summed E-state index contributed by atoms with van der Waals surface area (Å²) in [6.07, 6.45) is 0.154. The van der Waals surface area contributed by atoms with E-state index in [1.807, 2.05) is 0 Å². The molecule has 0 saturated heterocycles. The maximum Gasteiger partial charge on any atom is 0.325 e. The van der Waals surface area contributed by atoms with Gasteiger partial charge in [0.05, 0.1) is 13.0 Å². The number of esters is 1. The summed E-state index contributed by atoms with van der Waals surface area (Å²) in [7, 11) is 0. The molecule has 0 unspecified atom stereocenters. The number of phenols is 1. The number of hydrogen-bond donors (Lipinski definition) is 1. The molecule has 0 atom stereocenters. The smallest absolute Gasteiger partial charge is 0.325 e. The maximum atomic E-state index is 12.0. The first kappa shape index (κ1) is 15.0. The number of benzene rings is 1. The quantitative estimate of drug-likeness (QED) is 0.788. The number of carbonyl (C=O) groups excluding carboxylic acids is 2. The number of phenolic OH excluding ortho intramolecular Hbond substituents is 1. The summed E-state index contributed by atoms with van der Waals surface area (Å²) in [4.78, 5) is 24.8. The average Bonchev–Trinajstić information content (AvgIpc) is 2.36. The molecule has 19 heavy (non-hydrogen) atoms. The van der Waals surface area contributed by atoms with Gasteiger partial charge < -0.3 is 14.7 Å². The SMILES string of the molecule is CCOC(=O)CN(CC)C(=O)Cc1cccc(O)c1. The van der Waals surface area contributed by atoms with Crippen molar-refractivity contribution in [2.24, 2.45) is 0 Å². The Bertz CT molecular complexity index is 445. The summed E-state index contributed by atoms with van der Waals surface area (Å²) >= 11 is 0. The van der Waals surface area contributed by atoms with Crippen LogP contribution in [0.15, 0.2) is 24.3 Å². The van der Waals surface area contributed by atoms with Crippen LogP contribution in [0.25, 0.3) is 0 Å². The van der Waals surface area contributed by atoms with Crippen LogP contribution in [0.3, 0.4) is 0 Å². The lowest BCUT2D eigenvalue weighted by atomic mass is 10.1. The first-order valence-electron chi connectivity index (χ1n) is 6.28. The summed E-state index contributed by atoms with van der Waals surface area (Å²) in [5.74, 6) is -0.450. The Labute approximate surface area is 112 Å². The number of ether oxygens (including phenoxy) is 1. The third kappa shape index (κ3) is 4.99. The van der Waals surface area contributed by atoms with E-state index in [2.05, 4.69) is 0 Å². The minimum Gasteiger partial charge on any atom is -0.508 e. The zero-order chi connectivity index (χ0) is 14.3. The maximum absolute atomic E-state index is 12.0. The zero-order valence-electron chi connectivity index (χ0n) is 11.3. The van der Waals surface area contributed by atoms with Crippen LogP contribution in [-0.2, 0) is 20.7 Å². The molecule has 1 aromatic rings. The summed E-state index contributed by atoms with van der Waals surface area (Å²) in [6.45, 7) is 4.23. The molecule has 0 heterocycles. The predicted molar refractivity (Wildman–Crippen MR) is 70.7 cm³/mol. The van der Waals surface area contributed by atoms with Gasteiger partial charge >= 0.3 is 5.97 Å². The van der Waals surface area contributed by atoms with Crippen molar-refractivity contribution in [1.29, 1.82) is 0 Å². The third-order valence-corrected chi connectivity index (χ3v) is 2.63. The highest BCUT2D eigenvalue weighted by atomic mass is 16.5. The second kappa shape index (κ2) is 7.41. The monoisotopic (exact) mass is 265 g/mol. The third-order valence-electron chi connectivity index (χ3n) is 2.63. The first-order chi connectivity index (χ1) is 9.06. The van der Waals surface area contributed by atoms with Gasteiger partial charge in [0.1, 0.15) is 12.3 Å². The van der Waals surface area contributed by atoms with Crippen LogP contribution >= 0.6 is 0 Å². The molecule has 104 valence electrons. The number of carbonyl (C=O) groups is 2. The van der Waals surface area contributed by atoms with Gasteiger partial charge in [-0.3, -0.25) is 9.59 Å². The highest BCUT2D eigenvalue weighted by Gasteiger charge is 2.16. The van der Waals surface area contributed by atoms with E-state index in [0.29, 0.717) is 18.7 Å². The molecule has 5 nitrogen and oxygen atoms in total. The van der Waals surface area contributed by atoms with E-state index in [-0.39, 0.29) is 24.6 Å². The van der Waals surface area contributed by atoms with Crippen molar-refractivity contribution < 1.29 is 19.4 Å². The second-order valence-corrected chi connectivity index (χ2v) is 4.06. The Morgan fingerprint density at radius 3 is 2.63 bits per heavy atom. The molecule has 0 bridgehead atoms. The number of amides is 1. The standard InChI is InChI=1S/C14H19NO4/c1-3-15(10-14(18)19-4-2)13(17)9-11-6-5-7-12(16)8-11/h5-8,16H,3-4,9-10H2,1-2H3. The van der Waals surface area contributed by atoms with Gasteiger partial charge in [-0.2, -0.15) is 0 Å². The lowest BCUT2D eigenvalue weighted by molar-refractivity contribution is -0.148. The van der Waals surface area contributed by atoms with Gasteiger partial charge in [-0.15, -0.1) is 0 Å². The van der Waals surface area contributed by atoms with Crippen LogP contribution < -0.4 is 0 Å².